The minimum atomic E-state index is -0.637. The Labute approximate surface area is 244 Å². The van der Waals surface area contributed by atoms with Gasteiger partial charge in [-0.1, -0.05) is 20.8 Å². The molecule has 0 radical (unpaired) electrons. The lowest BCUT2D eigenvalue weighted by Gasteiger charge is -2.25. The van der Waals surface area contributed by atoms with E-state index in [0.29, 0.717) is 35.0 Å². The number of carbonyl (C=O) groups is 3. The van der Waals surface area contributed by atoms with Crippen LogP contribution in [0.3, 0.4) is 0 Å². The average molecular weight is 569 g/mol. The van der Waals surface area contributed by atoms with Gasteiger partial charge in [0, 0.05) is 22.8 Å². The van der Waals surface area contributed by atoms with Gasteiger partial charge in [-0.2, -0.15) is 0 Å². The van der Waals surface area contributed by atoms with Crippen molar-refractivity contribution >= 4 is 23.8 Å². The maximum Gasteiger partial charge on any atom is 0.314 e. The minimum absolute atomic E-state index is 0.204. The van der Waals surface area contributed by atoms with Gasteiger partial charge in [0.1, 0.15) is 17.2 Å². The van der Waals surface area contributed by atoms with E-state index in [-0.39, 0.29) is 36.7 Å². The van der Waals surface area contributed by atoms with Crippen molar-refractivity contribution in [3.05, 3.63) is 59.2 Å². The van der Waals surface area contributed by atoms with Gasteiger partial charge in [-0.25, -0.2) is 0 Å². The molecule has 8 nitrogen and oxygen atoms in total. The highest BCUT2D eigenvalue weighted by Crippen LogP contribution is 2.37. The molecule has 0 saturated carbocycles. The van der Waals surface area contributed by atoms with Crippen molar-refractivity contribution in [2.24, 2.45) is 10.8 Å². The highest BCUT2D eigenvalue weighted by molar-refractivity contribution is 6.07. The molecule has 0 saturated heterocycles. The molecule has 0 amide bonds. The van der Waals surface area contributed by atoms with Crippen molar-refractivity contribution in [1.82, 2.24) is 0 Å². The number of benzene rings is 2. The molecular formula is C33H44O8. The van der Waals surface area contributed by atoms with Crippen LogP contribution in [0.2, 0.25) is 0 Å². The fourth-order valence-electron chi connectivity index (χ4n) is 3.40. The number of hydrogen-bond acceptors (Lipinski definition) is 8. The molecule has 0 atom stereocenters. The molecule has 0 aliphatic heterocycles. The van der Waals surface area contributed by atoms with Crippen LogP contribution >= 0.6 is 0 Å². The van der Waals surface area contributed by atoms with E-state index in [1.54, 1.807) is 78.0 Å². The lowest BCUT2D eigenvalue weighted by molar-refractivity contribution is -0.160. The first-order valence-corrected chi connectivity index (χ1v) is 13.7. The van der Waals surface area contributed by atoms with E-state index >= 15 is 0 Å². The number of allylic oxidation sites excluding steroid dienone is 1. The van der Waals surface area contributed by atoms with Crippen LogP contribution in [0.4, 0.5) is 0 Å². The molecule has 8 heteroatoms. The molecule has 0 heterocycles. The summed E-state index contributed by atoms with van der Waals surface area (Å²) >= 11 is 0. The number of ether oxygens (including phenoxy) is 5. The molecule has 0 spiro atoms. The molecular weight excluding hydrogens is 524 g/mol. The number of hydrogen-bond donors (Lipinski definition) is 0. The van der Waals surface area contributed by atoms with Gasteiger partial charge >= 0.3 is 11.9 Å². The lowest BCUT2D eigenvalue weighted by atomic mass is 9.85. The third-order valence-corrected chi connectivity index (χ3v) is 5.82. The zero-order valence-electron chi connectivity index (χ0n) is 26.0. The van der Waals surface area contributed by atoms with Gasteiger partial charge in [-0.15, -0.1) is 0 Å². The second-order valence-corrected chi connectivity index (χ2v) is 12.7. The molecule has 0 bridgehead atoms. The molecule has 2 aromatic rings. The maximum absolute atomic E-state index is 12.9. The van der Waals surface area contributed by atoms with E-state index in [1.165, 1.54) is 6.08 Å². The molecule has 0 aromatic heterocycles. The minimum Gasteiger partial charge on any atom is -0.493 e. The largest absolute Gasteiger partial charge is 0.493 e. The summed E-state index contributed by atoms with van der Waals surface area (Å²) in [5.41, 5.74) is 0.490. The Morgan fingerprint density at radius 3 is 1.73 bits per heavy atom. The third-order valence-electron chi connectivity index (χ3n) is 5.82. The summed E-state index contributed by atoms with van der Waals surface area (Å²) in [4.78, 5) is 37.0. The Morgan fingerprint density at radius 2 is 1.24 bits per heavy atom. The van der Waals surface area contributed by atoms with Gasteiger partial charge in [-0.3, -0.25) is 14.4 Å². The average Bonchev–Trinajstić information content (AvgIpc) is 2.86. The first-order valence-electron chi connectivity index (χ1n) is 13.7. The molecule has 2 rings (SSSR count). The molecule has 224 valence electrons. The van der Waals surface area contributed by atoms with Crippen molar-refractivity contribution in [2.45, 2.75) is 74.7 Å². The molecule has 0 fully saturated rings. The van der Waals surface area contributed by atoms with Gasteiger partial charge in [0.15, 0.2) is 5.78 Å². The van der Waals surface area contributed by atoms with Gasteiger partial charge in [0.2, 0.25) is 13.6 Å². The van der Waals surface area contributed by atoms with Crippen molar-refractivity contribution in [2.75, 3.05) is 20.2 Å². The van der Waals surface area contributed by atoms with E-state index < -0.39 is 10.8 Å². The Balaban J connectivity index is 2.20. The van der Waals surface area contributed by atoms with Gasteiger partial charge in [0.05, 0.1) is 17.4 Å². The zero-order valence-corrected chi connectivity index (χ0v) is 26.0. The molecule has 2 aromatic carbocycles. The topological polar surface area (TPSA) is 97.4 Å². The predicted octanol–water partition coefficient (Wildman–Crippen LogP) is 7.13. The summed E-state index contributed by atoms with van der Waals surface area (Å²) in [6.45, 7) is 18.6. The van der Waals surface area contributed by atoms with Gasteiger partial charge in [-0.05, 0) is 96.4 Å². The van der Waals surface area contributed by atoms with Gasteiger partial charge in [0.25, 0.3) is 0 Å². The highest BCUT2D eigenvalue weighted by Gasteiger charge is 2.25. The second kappa shape index (κ2) is 13.7. The standard InChI is InChI=1S/C33H44O8/c1-11-37-27-19-28(39-21-41-30(36)33(8,9)10)25(31(2,3)4)18-23(27)14-17-26(34)22-12-15-24(16-13-22)38-20-40-29(35)32(5,6)7/h12-19H,11,20-21H2,1-10H3. The fraction of sp³-hybridized carbons (Fsp3) is 0.485. The quantitative estimate of drug-likeness (QED) is 0.122. The van der Waals surface area contributed by atoms with Crippen LogP contribution in [0.25, 0.3) is 6.08 Å². The number of ketones is 1. The monoisotopic (exact) mass is 568 g/mol. The molecule has 0 N–H and O–H groups in total. The van der Waals surface area contributed by atoms with Crippen molar-refractivity contribution < 1.29 is 38.1 Å². The maximum atomic E-state index is 12.9. The number of esters is 2. The van der Waals surface area contributed by atoms with E-state index in [4.69, 9.17) is 23.7 Å². The van der Waals surface area contributed by atoms with Crippen LogP contribution in [0, 0.1) is 10.8 Å². The van der Waals surface area contributed by atoms with Crippen molar-refractivity contribution in [3.8, 4) is 17.2 Å². The van der Waals surface area contributed by atoms with E-state index in [2.05, 4.69) is 0 Å². The summed E-state index contributed by atoms with van der Waals surface area (Å²) < 4.78 is 27.6. The van der Waals surface area contributed by atoms with Crippen LogP contribution in [0.5, 0.6) is 17.2 Å². The summed E-state index contributed by atoms with van der Waals surface area (Å²) in [6.07, 6.45) is 3.19. The van der Waals surface area contributed by atoms with Crippen molar-refractivity contribution in [1.29, 1.82) is 0 Å². The van der Waals surface area contributed by atoms with E-state index in [0.717, 1.165) is 5.56 Å². The smallest absolute Gasteiger partial charge is 0.314 e. The third kappa shape index (κ3) is 10.3. The Morgan fingerprint density at radius 1 is 0.707 bits per heavy atom. The van der Waals surface area contributed by atoms with Crippen LogP contribution in [-0.2, 0) is 24.5 Å². The highest BCUT2D eigenvalue weighted by atomic mass is 16.7. The SMILES string of the molecule is CCOc1cc(OCOC(=O)C(C)(C)C)c(C(C)(C)C)cc1C=CC(=O)c1ccc(OCOC(=O)C(C)(C)C)cc1. The molecule has 0 aliphatic carbocycles. The van der Waals surface area contributed by atoms with Crippen LogP contribution in [0.15, 0.2) is 42.5 Å². The number of rotatable bonds is 11. The Bertz CT molecular complexity index is 1240. The van der Waals surface area contributed by atoms with Crippen LogP contribution in [0.1, 0.15) is 90.7 Å². The van der Waals surface area contributed by atoms with Crippen molar-refractivity contribution in [3.63, 3.8) is 0 Å². The zero-order chi connectivity index (χ0) is 31.0. The molecule has 41 heavy (non-hydrogen) atoms. The fourth-order valence-corrected chi connectivity index (χ4v) is 3.40. The summed E-state index contributed by atoms with van der Waals surface area (Å²) in [5, 5.41) is 0. The second-order valence-electron chi connectivity index (χ2n) is 12.7. The predicted molar refractivity (Wildman–Crippen MR) is 158 cm³/mol. The van der Waals surface area contributed by atoms with E-state index in [1.807, 2.05) is 33.8 Å². The summed E-state index contributed by atoms with van der Waals surface area (Å²) in [5.74, 6) is 0.625. The van der Waals surface area contributed by atoms with Crippen LogP contribution in [-0.4, -0.2) is 37.9 Å². The summed E-state index contributed by atoms with van der Waals surface area (Å²) in [6, 6.07) is 10.3. The van der Waals surface area contributed by atoms with E-state index in [9.17, 15) is 14.4 Å². The lowest BCUT2D eigenvalue weighted by Crippen LogP contribution is -2.25. The first kappa shape index (κ1) is 33.4. The normalized spacial score (nSPS) is 12.1. The molecule has 0 aliphatic rings. The number of carbonyl (C=O) groups excluding carboxylic acids is 3. The van der Waals surface area contributed by atoms with Crippen LogP contribution < -0.4 is 14.2 Å². The van der Waals surface area contributed by atoms with Gasteiger partial charge < -0.3 is 23.7 Å². The summed E-state index contributed by atoms with van der Waals surface area (Å²) in [7, 11) is 0. The Kier molecular flexibility index (Phi) is 11.2. The molecule has 0 unspecified atom stereocenters. The first-order chi connectivity index (χ1) is 18.9. The Hall–Kier alpha value is -3.81.